The molecule has 9 heteroatoms. The van der Waals surface area contributed by atoms with Gasteiger partial charge in [0.05, 0.1) is 11.0 Å². The van der Waals surface area contributed by atoms with E-state index in [1.807, 2.05) is 84.9 Å². The first kappa shape index (κ1) is 35.4. The molecular formula is C53H33NO8. The van der Waals surface area contributed by atoms with Gasteiger partial charge in [-0.05, 0) is 103 Å². The number of anilines is 3. The standard InChI is InChI=1S/C53H33NO8/c55-44-40-37-25-31-13-7-8-14-35(31)39-36-24-23-34(26-38(36)53(41(37)39)42(40)51(49(60)46(44)57)62-52-43(53)45(56)47(58)48(59)50(52)61)54(32-19-15-29(16-20-32)27-9-3-1-4-10-27)33-21-17-30(18-22-33)28-11-5-2-6-12-28/h1-26,55-61H. The number of phenolic OH excluding ortho intramolecular Hbond substituents is 7. The summed E-state index contributed by atoms with van der Waals surface area (Å²) in [5.41, 5.74) is 8.18. The topological polar surface area (TPSA) is 154 Å². The lowest BCUT2D eigenvalue weighted by Gasteiger charge is -2.38. The Labute approximate surface area is 353 Å². The number of benzene rings is 9. The van der Waals surface area contributed by atoms with Gasteiger partial charge in [0.2, 0.25) is 28.7 Å². The Balaban J connectivity index is 1.18. The molecule has 0 amide bonds. The van der Waals surface area contributed by atoms with E-state index in [0.717, 1.165) is 55.5 Å². The Hall–Kier alpha value is -8.56. The van der Waals surface area contributed by atoms with Crippen LogP contribution in [0.2, 0.25) is 0 Å². The molecule has 0 bridgehead atoms. The lowest BCUT2D eigenvalue weighted by Crippen LogP contribution is -2.30. The Morgan fingerprint density at radius 2 is 0.871 bits per heavy atom. The summed E-state index contributed by atoms with van der Waals surface area (Å²) in [5.74, 6) is -6.65. The van der Waals surface area contributed by atoms with E-state index in [1.165, 1.54) is 0 Å². The van der Waals surface area contributed by atoms with Crippen LogP contribution in [-0.2, 0) is 5.41 Å². The third-order valence-corrected chi connectivity index (χ3v) is 12.8. The van der Waals surface area contributed by atoms with Crippen LogP contribution in [0.1, 0.15) is 22.3 Å². The molecule has 1 unspecified atom stereocenters. The molecule has 0 saturated carbocycles. The lowest BCUT2D eigenvalue weighted by atomic mass is 9.67. The van der Waals surface area contributed by atoms with Crippen LogP contribution in [0, 0.1) is 0 Å². The highest BCUT2D eigenvalue weighted by Crippen LogP contribution is 2.77. The average Bonchev–Trinajstić information content (AvgIpc) is 3.78. The molecule has 0 fully saturated rings. The van der Waals surface area contributed by atoms with Crippen molar-refractivity contribution in [2.24, 2.45) is 0 Å². The molecule has 2 aliphatic carbocycles. The van der Waals surface area contributed by atoms with E-state index in [4.69, 9.17) is 4.74 Å². The van der Waals surface area contributed by atoms with Crippen molar-refractivity contribution < 1.29 is 40.5 Å². The number of phenols is 7. The van der Waals surface area contributed by atoms with E-state index < -0.39 is 51.4 Å². The molecule has 9 aromatic carbocycles. The second-order valence-electron chi connectivity index (χ2n) is 15.9. The molecule has 12 rings (SSSR count). The molecule has 0 saturated heterocycles. The van der Waals surface area contributed by atoms with Crippen molar-refractivity contribution in [3.8, 4) is 96.3 Å². The number of hydrogen-bond donors (Lipinski definition) is 7. The quantitative estimate of drug-likeness (QED) is 0.0664. The average molecular weight is 812 g/mol. The van der Waals surface area contributed by atoms with Crippen molar-refractivity contribution >= 4 is 27.8 Å². The zero-order valence-electron chi connectivity index (χ0n) is 32.5. The van der Waals surface area contributed by atoms with Gasteiger partial charge in [0.1, 0.15) is 0 Å². The molecule has 1 aliphatic heterocycles. The van der Waals surface area contributed by atoms with Crippen LogP contribution in [0.25, 0.3) is 55.3 Å². The molecule has 1 spiro atoms. The van der Waals surface area contributed by atoms with Crippen LogP contribution in [-0.4, -0.2) is 35.7 Å². The predicted octanol–water partition coefficient (Wildman–Crippen LogP) is 12.0. The summed E-state index contributed by atoms with van der Waals surface area (Å²) in [6, 6.07) is 52.3. The first-order valence-electron chi connectivity index (χ1n) is 20.0. The molecule has 0 radical (unpaired) electrons. The maximum absolute atomic E-state index is 12.1. The minimum Gasteiger partial charge on any atom is -0.504 e. The van der Waals surface area contributed by atoms with Crippen LogP contribution >= 0.6 is 0 Å². The van der Waals surface area contributed by atoms with E-state index in [1.54, 1.807) is 0 Å². The van der Waals surface area contributed by atoms with Crippen LogP contribution in [0.4, 0.5) is 17.1 Å². The van der Waals surface area contributed by atoms with Crippen molar-refractivity contribution in [2.75, 3.05) is 4.90 Å². The van der Waals surface area contributed by atoms with Crippen LogP contribution in [0.3, 0.4) is 0 Å². The summed E-state index contributed by atoms with van der Waals surface area (Å²) >= 11 is 0. The molecule has 298 valence electrons. The monoisotopic (exact) mass is 811 g/mol. The van der Waals surface area contributed by atoms with Crippen LogP contribution in [0.5, 0.6) is 51.7 Å². The minimum absolute atomic E-state index is 0.110. The summed E-state index contributed by atoms with van der Waals surface area (Å²) in [4.78, 5) is 2.11. The van der Waals surface area contributed by atoms with E-state index >= 15 is 0 Å². The number of nitrogens with zero attached hydrogens (tertiary/aromatic N) is 1. The maximum atomic E-state index is 12.1. The zero-order valence-corrected chi connectivity index (χ0v) is 32.5. The molecule has 3 aliphatic rings. The van der Waals surface area contributed by atoms with Gasteiger partial charge in [-0.2, -0.15) is 0 Å². The number of hydrogen-bond acceptors (Lipinski definition) is 9. The third kappa shape index (κ3) is 4.45. The largest absolute Gasteiger partial charge is 0.504 e. The highest BCUT2D eigenvalue weighted by atomic mass is 16.5. The van der Waals surface area contributed by atoms with Gasteiger partial charge in [-0.15, -0.1) is 0 Å². The van der Waals surface area contributed by atoms with Gasteiger partial charge in [0, 0.05) is 28.2 Å². The molecule has 9 aromatic rings. The maximum Gasteiger partial charge on any atom is 0.208 e. The molecule has 1 atom stereocenters. The zero-order chi connectivity index (χ0) is 42.2. The Bertz CT molecular complexity index is 3300. The molecule has 9 nitrogen and oxygen atoms in total. The van der Waals surface area contributed by atoms with Crippen LogP contribution in [0.15, 0.2) is 158 Å². The molecule has 7 N–H and O–H groups in total. The second kappa shape index (κ2) is 12.5. The normalized spacial score (nSPS) is 14.8. The van der Waals surface area contributed by atoms with Crippen molar-refractivity contribution in [2.45, 2.75) is 5.41 Å². The van der Waals surface area contributed by atoms with Crippen LogP contribution < -0.4 is 9.64 Å². The van der Waals surface area contributed by atoms with E-state index in [-0.39, 0.29) is 22.4 Å². The Morgan fingerprint density at radius 3 is 1.48 bits per heavy atom. The third-order valence-electron chi connectivity index (χ3n) is 12.8. The van der Waals surface area contributed by atoms with Crippen molar-refractivity contribution in [3.05, 3.63) is 180 Å². The van der Waals surface area contributed by atoms with E-state index in [2.05, 4.69) is 77.7 Å². The predicted molar refractivity (Wildman–Crippen MR) is 238 cm³/mol. The summed E-state index contributed by atoms with van der Waals surface area (Å²) in [6.07, 6.45) is 0. The molecule has 62 heavy (non-hydrogen) atoms. The van der Waals surface area contributed by atoms with Crippen molar-refractivity contribution in [3.63, 3.8) is 0 Å². The minimum atomic E-state index is -1.69. The SMILES string of the molecule is Oc1c(O)c(O)c2c(c1O)Oc1c(O)c(O)c(O)c3c1C21c2cc(N(c4ccc(-c5ccccc5)cc4)c4ccc(-c5ccccc5)cc4)ccc2-c2c1c-3cc1ccccc21. The molecule has 0 aromatic heterocycles. The van der Waals surface area contributed by atoms with Crippen molar-refractivity contribution in [1.82, 2.24) is 0 Å². The molecular weight excluding hydrogens is 779 g/mol. The Kier molecular flexibility index (Phi) is 7.12. The summed E-state index contributed by atoms with van der Waals surface area (Å²) in [5, 5.41) is 82.0. The van der Waals surface area contributed by atoms with E-state index in [0.29, 0.717) is 22.4 Å². The number of ether oxygens (including phenoxy) is 1. The summed E-state index contributed by atoms with van der Waals surface area (Å²) < 4.78 is 6.18. The van der Waals surface area contributed by atoms with E-state index in [9.17, 15) is 35.7 Å². The Morgan fingerprint density at radius 1 is 0.371 bits per heavy atom. The lowest BCUT2D eigenvalue weighted by molar-refractivity contribution is 0.306. The summed E-state index contributed by atoms with van der Waals surface area (Å²) in [6.45, 7) is 0. The second-order valence-corrected chi connectivity index (χ2v) is 15.9. The number of rotatable bonds is 5. The summed E-state index contributed by atoms with van der Waals surface area (Å²) in [7, 11) is 0. The van der Waals surface area contributed by atoms with Crippen molar-refractivity contribution in [1.29, 1.82) is 0 Å². The van der Waals surface area contributed by atoms with Gasteiger partial charge in [0.25, 0.3) is 0 Å². The van der Waals surface area contributed by atoms with Gasteiger partial charge in [-0.1, -0.05) is 115 Å². The highest BCUT2D eigenvalue weighted by Gasteiger charge is 2.62. The highest BCUT2D eigenvalue weighted by molar-refractivity contribution is 6.14. The fraction of sp³-hybridized carbons (Fsp3) is 0.0189. The number of fused-ring (bicyclic) bond motifs is 6. The first-order valence-corrected chi connectivity index (χ1v) is 20.0. The number of aromatic hydroxyl groups is 7. The fourth-order valence-electron chi connectivity index (χ4n) is 10.1. The first-order chi connectivity index (χ1) is 30.2. The van der Waals surface area contributed by atoms with Gasteiger partial charge >= 0.3 is 0 Å². The fourth-order valence-corrected chi connectivity index (χ4v) is 10.1. The smallest absolute Gasteiger partial charge is 0.208 e. The van der Waals surface area contributed by atoms with Gasteiger partial charge in [0.15, 0.2) is 23.0 Å². The van der Waals surface area contributed by atoms with Gasteiger partial charge < -0.3 is 45.4 Å². The van der Waals surface area contributed by atoms with Gasteiger partial charge in [-0.25, -0.2) is 0 Å². The molecule has 1 heterocycles. The van der Waals surface area contributed by atoms with Gasteiger partial charge in [-0.3, -0.25) is 0 Å².